The number of carbonyl (C=O) groups excluding carboxylic acids is 1. The van der Waals surface area contributed by atoms with E-state index < -0.39 is 18.1 Å². The third-order valence-electron chi connectivity index (χ3n) is 2.37. The number of hydrogen-bond acceptors (Lipinski definition) is 5. The lowest BCUT2D eigenvalue weighted by molar-refractivity contribution is -0.148. The van der Waals surface area contributed by atoms with Gasteiger partial charge in [-0.25, -0.2) is 0 Å². The number of hydrogen-bond donors (Lipinski definition) is 2. The molecule has 1 fully saturated rings. The Morgan fingerprint density at radius 1 is 1.79 bits per heavy atom. The van der Waals surface area contributed by atoms with Crippen molar-refractivity contribution >= 4 is 17.7 Å². The van der Waals surface area contributed by atoms with Gasteiger partial charge in [-0.2, -0.15) is 11.8 Å². The van der Waals surface area contributed by atoms with Crippen molar-refractivity contribution in [1.82, 2.24) is 0 Å². The first-order valence-electron chi connectivity index (χ1n) is 4.84. The van der Waals surface area contributed by atoms with Gasteiger partial charge in [-0.1, -0.05) is 0 Å². The summed E-state index contributed by atoms with van der Waals surface area (Å²) < 4.78 is 4.75. The van der Waals surface area contributed by atoms with E-state index in [9.17, 15) is 9.90 Å². The zero-order chi connectivity index (χ0) is 10.6. The fourth-order valence-electron chi connectivity index (χ4n) is 1.49. The highest BCUT2D eigenvalue weighted by Gasteiger charge is 2.32. The van der Waals surface area contributed by atoms with Crippen LogP contribution in [0.4, 0.5) is 0 Å². The molecule has 1 aliphatic rings. The minimum absolute atomic E-state index is 0.138. The highest BCUT2D eigenvalue weighted by molar-refractivity contribution is 7.99. The summed E-state index contributed by atoms with van der Waals surface area (Å²) in [6.07, 6.45) is 0.169. The fourth-order valence-corrected chi connectivity index (χ4v) is 2.80. The number of ether oxygens (including phenoxy) is 1. The van der Waals surface area contributed by atoms with Crippen LogP contribution in [0, 0.1) is 5.92 Å². The quantitative estimate of drug-likeness (QED) is 0.651. The molecule has 3 N–H and O–H groups in total. The molecule has 1 aliphatic heterocycles. The molecule has 0 aliphatic carbocycles. The van der Waals surface area contributed by atoms with Crippen molar-refractivity contribution in [2.24, 2.45) is 11.7 Å². The lowest BCUT2D eigenvalue weighted by atomic mass is 9.96. The maximum absolute atomic E-state index is 11.2. The summed E-state index contributed by atoms with van der Waals surface area (Å²) in [5.74, 6) is 1.56. The number of carbonyl (C=O) groups is 1. The number of esters is 1. The van der Waals surface area contributed by atoms with Crippen LogP contribution < -0.4 is 5.73 Å². The van der Waals surface area contributed by atoms with Gasteiger partial charge in [0.05, 0.1) is 12.7 Å². The molecule has 14 heavy (non-hydrogen) atoms. The minimum atomic E-state index is -0.890. The van der Waals surface area contributed by atoms with Crippen molar-refractivity contribution in [3.05, 3.63) is 0 Å². The highest BCUT2D eigenvalue weighted by Crippen LogP contribution is 2.27. The molecule has 0 spiro atoms. The van der Waals surface area contributed by atoms with Crippen molar-refractivity contribution in [1.29, 1.82) is 0 Å². The second-order valence-corrected chi connectivity index (χ2v) is 4.54. The molecule has 0 bridgehead atoms. The largest absolute Gasteiger partial charge is 0.465 e. The monoisotopic (exact) mass is 219 g/mol. The van der Waals surface area contributed by atoms with Gasteiger partial charge in [0, 0.05) is 0 Å². The van der Waals surface area contributed by atoms with Crippen LogP contribution in [0.3, 0.4) is 0 Å². The van der Waals surface area contributed by atoms with Crippen LogP contribution in [0.5, 0.6) is 0 Å². The van der Waals surface area contributed by atoms with Crippen molar-refractivity contribution in [2.45, 2.75) is 25.5 Å². The van der Waals surface area contributed by atoms with E-state index in [2.05, 4.69) is 0 Å². The number of rotatable bonds is 4. The molecule has 0 aromatic heterocycles. The van der Waals surface area contributed by atoms with E-state index in [4.69, 9.17) is 10.5 Å². The fraction of sp³-hybridized carbons (Fsp3) is 0.889. The Balaban J connectivity index is 2.41. The molecule has 1 rings (SSSR count). The first-order chi connectivity index (χ1) is 6.66. The lowest BCUT2D eigenvalue weighted by Gasteiger charge is -2.22. The molecule has 82 valence electrons. The van der Waals surface area contributed by atoms with E-state index in [0.717, 1.165) is 17.9 Å². The van der Waals surface area contributed by atoms with Crippen LogP contribution in [-0.4, -0.2) is 41.3 Å². The van der Waals surface area contributed by atoms with Gasteiger partial charge in [0.2, 0.25) is 0 Å². The average Bonchev–Trinajstić information content (AvgIpc) is 2.68. The zero-order valence-corrected chi connectivity index (χ0v) is 9.13. The number of thioether (sulfide) groups is 1. The minimum Gasteiger partial charge on any atom is -0.465 e. The average molecular weight is 219 g/mol. The van der Waals surface area contributed by atoms with Gasteiger partial charge in [0.15, 0.2) is 0 Å². The van der Waals surface area contributed by atoms with Gasteiger partial charge in [0.1, 0.15) is 6.04 Å². The van der Waals surface area contributed by atoms with Crippen LogP contribution >= 0.6 is 11.8 Å². The van der Waals surface area contributed by atoms with Crippen LogP contribution in [0.1, 0.15) is 13.3 Å². The second kappa shape index (κ2) is 5.58. The van der Waals surface area contributed by atoms with Gasteiger partial charge < -0.3 is 15.6 Å². The predicted molar refractivity (Wildman–Crippen MR) is 56.0 cm³/mol. The first kappa shape index (κ1) is 11.8. The van der Waals surface area contributed by atoms with Gasteiger partial charge in [-0.15, -0.1) is 0 Å². The van der Waals surface area contributed by atoms with Crippen molar-refractivity contribution < 1.29 is 14.6 Å². The Kier molecular flexibility index (Phi) is 4.71. The summed E-state index contributed by atoms with van der Waals surface area (Å²) in [5, 5.41) is 9.78. The van der Waals surface area contributed by atoms with Crippen molar-refractivity contribution in [3.63, 3.8) is 0 Å². The Labute approximate surface area is 88.2 Å². The third kappa shape index (κ3) is 2.87. The molecule has 1 saturated heterocycles. The standard InChI is InChI=1S/C9H17NO3S/c1-2-13-9(12)7(10)8(11)6-3-4-14-5-6/h6-8,11H,2-5,10H2,1H3. The Bertz CT molecular complexity index is 194. The topological polar surface area (TPSA) is 72.5 Å². The van der Waals surface area contributed by atoms with Crippen LogP contribution in [0.2, 0.25) is 0 Å². The second-order valence-electron chi connectivity index (χ2n) is 3.39. The molecule has 0 saturated carbocycles. The molecule has 0 aromatic rings. The van der Waals surface area contributed by atoms with Crippen LogP contribution in [0.15, 0.2) is 0 Å². The van der Waals surface area contributed by atoms with Crippen LogP contribution in [0.25, 0.3) is 0 Å². The van der Waals surface area contributed by atoms with Gasteiger partial charge in [-0.3, -0.25) is 4.79 Å². The van der Waals surface area contributed by atoms with Gasteiger partial charge >= 0.3 is 5.97 Å². The molecule has 3 atom stereocenters. The molecule has 0 aromatic carbocycles. The summed E-state index contributed by atoms with van der Waals surface area (Å²) in [7, 11) is 0. The zero-order valence-electron chi connectivity index (χ0n) is 8.31. The number of nitrogens with two attached hydrogens (primary N) is 1. The number of aliphatic hydroxyl groups excluding tert-OH is 1. The predicted octanol–water partition coefficient (Wildman–Crippen LogP) is -0.00920. The smallest absolute Gasteiger partial charge is 0.325 e. The summed E-state index contributed by atoms with van der Waals surface area (Å²) in [6.45, 7) is 2.03. The third-order valence-corrected chi connectivity index (χ3v) is 3.56. The first-order valence-corrected chi connectivity index (χ1v) is 6.00. The summed E-state index contributed by atoms with van der Waals surface area (Å²) in [4.78, 5) is 11.2. The molecule has 5 heteroatoms. The molecule has 0 radical (unpaired) electrons. The Morgan fingerprint density at radius 3 is 3.00 bits per heavy atom. The van der Waals surface area contributed by atoms with E-state index in [0.29, 0.717) is 6.61 Å². The molecule has 1 heterocycles. The highest BCUT2D eigenvalue weighted by atomic mass is 32.2. The Hall–Kier alpha value is -0.260. The maximum Gasteiger partial charge on any atom is 0.325 e. The van der Waals surface area contributed by atoms with E-state index in [1.54, 1.807) is 18.7 Å². The summed E-state index contributed by atoms with van der Waals surface area (Å²) >= 11 is 1.79. The summed E-state index contributed by atoms with van der Waals surface area (Å²) in [5.41, 5.74) is 5.59. The van der Waals surface area contributed by atoms with E-state index in [-0.39, 0.29) is 5.92 Å². The Morgan fingerprint density at radius 2 is 2.50 bits per heavy atom. The molecule has 0 amide bonds. The van der Waals surface area contributed by atoms with E-state index in [1.807, 2.05) is 0 Å². The molecular weight excluding hydrogens is 202 g/mol. The molecular formula is C9H17NO3S. The van der Waals surface area contributed by atoms with Gasteiger partial charge in [-0.05, 0) is 30.8 Å². The van der Waals surface area contributed by atoms with Crippen molar-refractivity contribution in [2.75, 3.05) is 18.1 Å². The van der Waals surface area contributed by atoms with E-state index in [1.165, 1.54) is 0 Å². The number of aliphatic hydroxyl groups is 1. The SMILES string of the molecule is CCOC(=O)C(N)C(O)C1CCSC1. The summed E-state index contributed by atoms with van der Waals surface area (Å²) in [6, 6.07) is -0.890. The van der Waals surface area contributed by atoms with E-state index >= 15 is 0 Å². The molecule has 3 unspecified atom stereocenters. The maximum atomic E-state index is 11.2. The van der Waals surface area contributed by atoms with Crippen molar-refractivity contribution in [3.8, 4) is 0 Å². The lowest BCUT2D eigenvalue weighted by Crippen LogP contribution is -2.46. The normalized spacial score (nSPS) is 25.8. The van der Waals surface area contributed by atoms with Crippen LogP contribution in [-0.2, 0) is 9.53 Å². The van der Waals surface area contributed by atoms with Gasteiger partial charge in [0.25, 0.3) is 0 Å². The molecule has 4 nitrogen and oxygen atoms in total.